The van der Waals surface area contributed by atoms with Crippen molar-refractivity contribution >= 4 is 34.1 Å². The maximum Gasteiger partial charge on any atom is 0.236 e. The summed E-state index contributed by atoms with van der Waals surface area (Å²) in [6, 6.07) is 3.78. The largest absolute Gasteiger partial charge is 0.385 e. The predicted molar refractivity (Wildman–Crippen MR) is 101 cm³/mol. The zero-order valence-electron chi connectivity index (χ0n) is 14.2. The van der Waals surface area contributed by atoms with Crippen LogP contribution in [0.3, 0.4) is 0 Å². The normalized spacial score (nSPS) is 10.8. The number of anilines is 1. The number of carbonyl (C=O) groups is 1. The Morgan fingerprint density at radius 2 is 2.15 bits per heavy atom. The van der Waals surface area contributed by atoms with Crippen LogP contribution in [0.4, 0.5) is 5.13 Å². The molecule has 0 unspecified atom stereocenters. The molecule has 3 aromatic rings. The Hall–Kier alpha value is -2.30. The van der Waals surface area contributed by atoms with Crippen LogP contribution in [-0.4, -0.2) is 50.1 Å². The number of nitrogens with zero attached hydrogens (tertiary/aromatic N) is 5. The molecule has 8 nitrogen and oxygen atoms in total. The summed E-state index contributed by atoms with van der Waals surface area (Å²) in [5, 5.41) is 14.4. The number of nitrogens with one attached hydrogen (secondary N) is 1. The summed E-state index contributed by atoms with van der Waals surface area (Å²) >= 11 is 2.73. The maximum atomic E-state index is 12.1. The van der Waals surface area contributed by atoms with E-state index in [0.717, 1.165) is 17.8 Å². The number of amides is 1. The van der Waals surface area contributed by atoms with Crippen LogP contribution in [0.5, 0.6) is 0 Å². The van der Waals surface area contributed by atoms with Crippen LogP contribution in [0.25, 0.3) is 11.4 Å². The fourth-order valence-corrected chi connectivity index (χ4v) is 3.56. The lowest BCUT2D eigenvalue weighted by atomic mass is 10.2. The smallest absolute Gasteiger partial charge is 0.236 e. The molecule has 0 atom stereocenters. The van der Waals surface area contributed by atoms with Gasteiger partial charge < -0.3 is 14.6 Å². The first-order valence-electron chi connectivity index (χ1n) is 7.92. The molecule has 10 heteroatoms. The Bertz CT molecular complexity index is 823. The molecule has 136 valence electrons. The van der Waals surface area contributed by atoms with Crippen molar-refractivity contribution in [3.05, 3.63) is 36.1 Å². The minimum absolute atomic E-state index is 0.123. The number of hydrogen-bond acceptors (Lipinski definition) is 8. The zero-order valence-corrected chi connectivity index (χ0v) is 15.8. The summed E-state index contributed by atoms with van der Waals surface area (Å²) in [6.45, 7) is 1.34. The van der Waals surface area contributed by atoms with E-state index in [4.69, 9.17) is 4.74 Å². The number of aromatic nitrogens is 5. The van der Waals surface area contributed by atoms with E-state index >= 15 is 0 Å². The molecule has 3 heterocycles. The third-order valence-electron chi connectivity index (χ3n) is 3.40. The SMILES string of the molecule is COCCCn1c(SCC(=O)Nc2nccs2)nnc1-c1ccncc1. The maximum absolute atomic E-state index is 12.1. The number of ether oxygens (including phenoxy) is 1. The van der Waals surface area contributed by atoms with Crippen LogP contribution in [0.1, 0.15) is 6.42 Å². The lowest BCUT2D eigenvalue weighted by Gasteiger charge is -2.09. The molecule has 1 amide bonds. The van der Waals surface area contributed by atoms with Gasteiger partial charge in [0, 0.05) is 49.8 Å². The second kappa shape index (κ2) is 9.41. The number of methoxy groups -OCH3 is 1. The fourth-order valence-electron chi connectivity index (χ4n) is 2.25. The molecular formula is C16H18N6O2S2. The summed E-state index contributed by atoms with van der Waals surface area (Å²) in [5.74, 6) is 0.867. The van der Waals surface area contributed by atoms with E-state index in [0.29, 0.717) is 23.4 Å². The highest BCUT2D eigenvalue weighted by Gasteiger charge is 2.16. The Morgan fingerprint density at radius 1 is 1.31 bits per heavy atom. The summed E-state index contributed by atoms with van der Waals surface area (Å²) in [7, 11) is 1.68. The first-order valence-corrected chi connectivity index (χ1v) is 9.79. The van der Waals surface area contributed by atoms with Crippen molar-refractivity contribution in [2.45, 2.75) is 18.1 Å². The van der Waals surface area contributed by atoms with E-state index in [9.17, 15) is 4.79 Å². The molecule has 0 saturated carbocycles. The van der Waals surface area contributed by atoms with E-state index in [1.807, 2.05) is 22.1 Å². The van der Waals surface area contributed by atoms with E-state index in [1.54, 1.807) is 25.7 Å². The van der Waals surface area contributed by atoms with E-state index in [-0.39, 0.29) is 11.7 Å². The van der Waals surface area contributed by atoms with Gasteiger partial charge in [-0.2, -0.15) is 0 Å². The number of hydrogen-bond donors (Lipinski definition) is 1. The molecule has 0 fully saturated rings. The Kier molecular flexibility index (Phi) is 6.69. The quantitative estimate of drug-likeness (QED) is 0.443. The molecule has 3 rings (SSSR count). The molecule has 0 aliphatic rings. The molecule has 0 saturated heterocycles. The van der Waals surface area contributed by atoms with Crippen molar-refractivity contribution in [1.82, 2.24) is 24.7 Å². The van der Waals surface area contributed by atoms with Gasteiger partial charge in [-0.15, -0.1) is 21.5 Å². The summed E-state index contributed by atoms with van der Waals surface area (Å²) in [6.07, 6.45) is 5.92. The standard InChI is InChI=1S/C16H18N6O2S2/c1-24-9-2-8-22-14(12-3-5-17-6-4-12)20-21-16(22)26-11-13(23)19-15-18-7-10-25-15/h3-7,10H,2,8-9,11H2,1H3,(H,18,19,23). The van der Waals surface area contributed by atoms with Gasteiger partial charge in [0.1, 0.15) is 0 Å². The number of thioether (sulfide) groups is 1. The molecule has 3 aromatic heterocycles. The molecule has 0 aromatic carbocycles. The van der Waals surface area contributed by atoms with Crippen LogP contribution >= 0.6 is 23.1 Å². The van der Waals surface area contributed by atoms with Crippen molar-refractivity contribution in [2.75, 3.05) is 24.8 Å². The van der Waals surface area contributed by atoms with Crippen LogP contribution in [0, 0.1) is 0 Å². The second-order valence-electron chi connectivity index (χ2n) is 5.21. The minimum atomic E-state index is -0.123. The molecule has 0 bridgehead atoms. The van der Waals surface area contributed by atoms with E-state index < -0.39 is 0 Å². The minimum Gasteiger partial charge on any atom is -0.385 e. The number of rotatable bonds is 9. The highest BCUT2D eigenvalue weighted by molar-refractivity contribution is 7.99. The van der Waals surface area contributed by atoms with Gasteiger partial charge in [0.25, 0.3) is 0 Å². The second-order valence-corrected chi connectivity index (χ2v) is 7.05. The first kappa shape index (κ1) is 18.5. The van der Waals surface area contributed by atoms with Crippen LogP contribution in [0.15, 0.2) is 41.3 Å². The Labute approximate surface area is 159 Å². The van der Waals surface area contributed by atoms with Gasteiger partial charge in [-0.25, -0.2) is 4.98 Å². The van der Waals surface area contributed by atoms with Gasteiger partial charge in [0.05, 0.1) is 5.75 Å². The molecular weight excluding hydrogens is 372 g/mol. The number of pyridine rings is 1. The predicted octanol–water partition coefficient (Wildman–Crippen LogP) is 2.56. The van der Waals surface area contributed by atoms with Gasteiger partial charge in [-0.05, 0) is 18.6 Å². The molecule has 0 aliphatic carbocycles. The molecule has 26 heavy (non-hydrogen) atoms. The third kappa shape index (κ3) is 4.87. The summed E-state index contributed by atoms with van der Waals surface area (Å²) in [4.78, 5) is 20.2. The highest BCUT2D eigenvalue weighted by Crippen LogP contribution is 2.24. The highest BCUT2D eigenvalue weighted by atomic mass is 32.2. The van der Waals surface area contributed by atoms with Gasteiger partial charge in [0.2, 0.25) is 5.91 Å². The average molecular weight is 390 g/mol. The molecule has 0 radical (unpaired) electrons. The van der Waals surface area contributed by atoms with Crippen molar-refractivity contribution in [3.8, 4) is 11.4 Å². The van der Waals surface area contributed by atoms with Crippen LogP contribution < -0.4 is 5.32 Å². The summed E-state index contributed by atoms with van der Waals surface area (Å²) in [5.41, 5.74) is 0.934. The number of thiazole rings is 1. The Balaban J connectivity index is 1.71. The topological polar surface area (TPSA) is 94.8 Å². The van der Waals surface area contributed by atoms with Gasteiger partial charge in [0.15, 0.2) is 16.1 Å². The van der Waals surface area contributed by atoms with E-state index in [1.165, 1.54) is 23.1 Å². The van der Waals surface area contributed by atoms with Crippen molar-refractivity contribution in [1.29, 1.82) is 0 Å². The Morgan fingerprint density at radius 3 is 2.88 bits per heavy atom. The monoisotopic (exact) mass is 390 g/mol. The van der Waals surface area contributed by atoms with Crippen molar-refractivity contribution in [3.63, 3.8) is 0 Å². The lowest BCUT2D eigenvalue weighted by molar-refractivity contribution is -0.113. The summed E-state index contributed by atoms with van der Waals surface area (Å²) < 4.78 is 7.15. The average Bonchev–Trinajstić information content (AvgIpc) is 3.31. The molecule has 0 aliphatic heterocycles. The van der Waals surface area contributed by atoms with Crippen molar-refractivity contribution < 1.29 is 9.53 Å². The van der Waals surface area contributed by atoms with Crippen LogP contribution in [-0.2, 0) is 16.1 Å². The fraction of sp³-hybridized carbons (Fsp3) is 0.312. The molecule has 1 N–H and O–H groups in total. The third-order valence-corrected chi connectivity index (χ3v) is 5.05. The van der Waals surface area contributed by atoms with E-state index in [2.05, 4.69) is 25.5 Å². The zero-order chi connectivity index (χ0) is 18.2. The van der Waals surface area contributed by atoms with Crippen molar-refractivity contribution in [2.24, 2.45) is 0 Å². The van der Waals surface area contributed by atoms with Gasteiger partial charge in [-0.3, -0.25) is 9.78 Å². The van der Waals surface area contributed by atoms with Gasteiger partial charge in [-0.1, -0.05) is 11.8 Å². The first-order chi connectivity index (χ1) is 12.8. The van der Waals surface area contributed by atoms with Gasteiger partial charge >= 0.3 is 0 Å². The lowest BCUT2D eigenvalue weighted by Crippen LogP contribution is -2.14. The van der Waals surface area contributed by atoms with Crippen LogP contribution in [0.2, 0.25) is 0 Å². The molecule has 0 spiro atoms. The number of carbonyl (C=O) groups excluding carboxylic acids is 1.